The fourth-order valence-electron chi connectivity index (χ4n) is 5.39. The third-order valence-electron chi connectivity index (χ3n) is 7.65. The van der Waals surface area contributed by atoms with Crippen molar-refractivity contribution in [2.45, 2.75) is 58.0 Å². The summed E-state index contributed by atoms with van der Waals surface area (Å²) in [5.74, 6) is 0.859. The SMILES string of the molecule is C=C(Nc1cc2cc(-c3cnn(C)c3CN3CCCCC3)ccc2cn1)C(C)N1CCCCC1. The quantitative estimate of drug-likeness (QED) is 0.512. The average Bonchev–Trinajstić information content (AvgIpc) is 3.24. The first-order valence-corrected chi connectivity index (χ1v) is 12.9. The molecule has 4 heterocycles. The molecular formula is C28H38N6. The molecule has 0 saturated carbocycles. The summed E-state index contributed by atoms with van der Waals surface area (Å²) in [6.07, 6.45) is 11.8. The van der Waals surface area contributed by atoms with Gasteiger partial charge >= 0.3 is 0 Å². The minimum atomic E-state index is 0.303. The largest absolute Gasteiger partial charge is 0.343 e. The van der Waals surface area contributed by atoms with Crippen LogP contribution in [0.3, 0.4) is 0 Å². The number of aryl methyl sites for hydroxylation is 1. The van der Waals surface area contributed by atoms with Gasteiger partial charge in [-0.15, -0.1) is 0 Å². The van der Waals surface area contributed by atoms with Gasteiger partial charge in [-0.2, -0.15) is 5.10 Å². The van der Waals surface area contributed by atoms with E-state index in [1.54, 1.807) is 0 Å². The fraction of sp³-hybridized carbons (Fsp3) is 0.500. The molecule has 2 fully saturated rings. The summed E-state index contributed by atoms with van der Waals surface area (Å²) in [5, 5.41) is 10.4. The van der Waals surface area contributed by atoms with E-state index in [1.807, 2.05) is 17.1 Å². The molecule has 1 aromatic carbocycles. The second-order valence-corrected chi connectivity index (χ2v) is 10.0. The van der Waals surface area contributed by atoms with E-state index >= 15 is 0 Å². The van der Waals surface area contributed by atoms with Gasteiger partial charge in [-0.25, -0.2) is 4.98 Å². The predicted molar refractivity (Wildman–Crippen MR) is 141 cm³/mol. The van der Waals surface area contributed by atoms with E-state index in [9.17, 15) is 0 Å². The van der Waals surface area contributed by atoms with Crippen LogP contribution in [0.1, 0.15) is 51.1 Å². The van der Waals surface area contributed by atoms with Gasteiger partial charge in [-0.05, 0) is 81.9 Å². The molecule has 6 heteroatoms. The number of piperidine rings is 2. The molecule has 2 aliphatic rings. The molecular weight excluding hydrogens is 420 g/mol. The summed E-state index contributed by atoms with van der Waals surface area (Å²) in [5.41, 5.74) is 4.74. The molecule has 5 rings (SSSR count). The number of aromatic nitrogens is 3. The van der Waals surface area contributed by atoms with E-state index in [0.29, 0.717) is 6.04 Å². The van der Waals surface area contributed by atoms with Gasteiger partial charge in [0, 0.05) is 42.5 Å². The summed E-state index contributed by atoms with van der Waals surface area (Å²) >= 11 is 0. The Kier molecular flexibility index (Phi) is 6.97. The van der Waals surface area contributed by atoms with Crippen LogP contribution < -0.4 is 5.32 Å². The Hall–Kier alpha value is -2.70. The molecule has 1 atom stereocenters. The maximum absolute atomic E-state index is 4.66. The predicted octanol–water partition coefficient (Wildman–Crippen LogP) is 5.42. The monoisotopic (exact) mass is 458 g/mol. The summed E-state index contributed by atoms with van der Waals surface area (Å²) in [7, 11) is 2.06. The van der Waals surface area contributed by atoms with Crippen molar-refractivity contribution >= 4 is 16.6 Å². The summed E-state index contributed by atoms with van der Waals surface area (Å²) < 4.78 is 2.04. The van der Waals surface area contributed by atoms with Crippen LogP contribution in [0, 0.1) is 0 Å². The van der Waals surface area contributed by atoms with E-state index in [0.717, 1.165) is 36.5 Å². The van der Waals surface area contributed by atoms with Crippen molar-refractivity contribution in [2.24, 2.45) is 7.05 Å². The van der Waals surface area contributed by atoms with Crippen molar-refractivity contribution in [2.75, 3.05) is 31.5 Å². The number of rotatable bonds is 7. The number of anilines is 1. The van der Waals surface area contributed by atoms with Gasteiger partial charge in [-0.1, -0.05) is 31.6 Å². The Balaban J connectivity index is 1.36. The van der Waals surface area contributed by atoms with Gasteiger partial charge in [0.25, 0.3) is 0 Å². The van der Waals surface area contributed by atoms with Crippen molar-refractivity contribution in [1.82, 2.24) is 24.6 Å². The van der Waals surface area contributed by atoms with E-state index in [1.165, 1.54) is 73.8 Å². The van der Waals surface area contributed by atoms with Crippen LogP contribution in [-0.2, 0) is 13.6 Å². The number of hydrogen-bond donors (Lipinski definition) is 1. The molecule has 2 aromatic heterocycles. The third kappa shape index (κ3) is 5.03. The molecule has 0 bridgehead atoms. The number of likely N-dealkylation sites (tertiary alicyclic amines) is 2. The zero-order valence-corrected chi connectivity index (χ0v) is 20.8. The molecule has 0 aliphatic carbocycles. The van der Waals surface area contributed by atoms with Crippen molar-refractivity contribution in [3.05, 3.63) is 54.6 Å². The Labute approximate surface area is 203 Å². The lowest BCUT2D eigenvalue weighted by Gasteiger charge is -2.33. The van der Waals surface area contributed by atoms with Gasteiger partial charge < -0.3 is 5.32 Å². The number of fused-ring (bicyclic) bond motifs is 1. The van der Waals surface area contributed by atoms with Crippen LogP contribution in [0.2, 0.25) is 0 Å². The van der Waals surface area contributed by atoms with Crippen LogP contribution in [0.5, 0.6) is 0 Å². The van der Waals surface area contributed by atoms with Gasteiger partial charge in [0.1, 0.15) is 5.82 Å². The first-order chi connectivity index (χ1) is 16.6. The van der Waals surface area contributed by atoms with Crippen molar-refractivity contribution in [3.63, 3.8) is 0 Å². The van der Waals surface area contributed by atoms with Crippen LogP contribution >= 0.6 is 0 Å². The molecule has 2 saturated heterocycles. The fourth-order valence-corrected chi connectivity index (χ4v) is 5.39. The molecule has 3 aromatic rings. The van der Waals surface area contributed by atoms with E-state index in [4.69, 9.17) is 0 Å². The second-order valence-electron chi connectivity index (χ2n) is 10.0. The lowest BCUT2D eigenvalue weighted by molar-refractivity contribution is 0.195. The molecule has 0 amide bonds. The highest BCUT2D eigenvalue weighted by Crippen LogP contribution is 2.29. The minimum Gasteiger partial charge on any atom is -0.343 e. The molecule has 1 N–H and O–H groups in total. The summed E-state index contributed by atoms with van der Waals surface area (Å²) in [6.45, 7) is 12.2. The Bertz CT molecular complexity index is 1140. The highest BCUT2D eigenvalue weighted by atomic mass is 15.3. The Morgan fingerprint density at radius 2 is 1.71 bits per heavy atom. The van der Waals surface area contributed by atoms with Crippen molar-refractivity contribution in [1.29, 1.82) is 0 Å². The molecule has 1 unspecified atom stereocenters. The maximum Gasteiger partial charge on any atom is 0.130 e. The van der Waals surface area contributed by atoms with Crippen LogP contribution in [0.15, 0.2) is 48.9 Å². The molecule has 2 aliphatic heterocycles. The number of benzene rings is 1. The topological polar surface area (TPSA) is 49.2 Å². The van der Waals surface area contributed by atoms with Crippen LogP contribution in [0.4, 0.5) is 5.82 Å². The number of pyridine rings is 1. The highest BCUT2D eigenvalue weighted by Gasteiger charge is 2.20. The molecule has 0 spiro atoms. The molecule has 34 heavy (non-hydrogen) atoms. The number of nitrogens with zero attached hydrogens (tertiary/aromatic N) is 5. The van der Waals surface area contributed by atoms with Gasteiger partial charge in [0.05, 0.1) is 11.9 Å². The van der Waals surface area contributed by atoms with Gasteiger partial charge in [0.2, 0.25) is 0 Å². The lowest BCUT2D eigenvalue weighted by atomic mass is 10.0. The van der Waals surface area contributed by atoms with Crippen LogP contribution in [0.25, 0.3) is 21.9 Å². The molecule has 0 radical (unpaired) electrons. The number of hydrogen-bond acceptors (Lipinski definition) is 5. The Morgan fingerprint density at radius 1 is 0.971 bits per heavy atom. The minimum absolute atomic E-state index is 0.303. The zero-order chi connectivity index (χ0) is 23.5. The zero-order valence-electron chi connectivity index (χ0n) is 20.8. The average molecular weight is 459 g/mol. The maximum atomic E-state index is 4.66. The number of nitrogens with one attached hydrogen (secondary N) is 1. The highest BCUT2D eigenvalue weighted by molar-refractivity contribution is 5.88. The Morgan fingerprint density at radius 3 is 2.47 bits per heavy atom. The second kappa shape index (κ2) is 10.3. The summed E-state index contributed by atoms with van der Waals surface area (Å²) in [6, 6.07) is 9.09. The standard InChI is InChI=1S/C28H38N6/c1-21(22(2)34-14-8-5-9-15-34)31-28-17-25-16-23(10-11-24(25)18-29-28)26-19-30-32(3)27(26)20-33-12-6-4-7-13-33/h10-11,16-19,22H,1,4-9,12-15,20H2,2-3H3,(H,29,31). The van der Waals surface area contributed by atoms with Gasteiger partial charge in [-0.3, -0.25) is 14.5 Å². The summed E-state index contributed by atoms with van der Waals surface area (Å²) in [4.78, 5) is 9.74. The van der Waals surface area contributed by atoms with E-state index < -0.39 is 0 Å². The normalized spacial score (nSPS) is 18.8. The molecule has 180 valence electrons. The first-order valence-electron chi connectivity index (χ1n) is 12.9. The van der Waals surface area contributed by atoms with Gasteiger partial charge in [0.15, 0.2) is 0 Å². The lowest BCUT2D eigenvalue weighted by Crippen LogP contribution is -2.39. The first kappa shape index (κ1) is 23.1. The van der Waals surface area contributed by atoms with E-state index in [-0.39, 0.29) is 0 Å². The van der Waals surface area contributed by atoms with E-state index in [2.05, 4.69) is 70.0 Å². The van der Waals surface area contributed by atoms with Crippen LogP contribution in [-0.4, -0.2) is 56.8 Å². The van der Waals surface area contributed by atoms with Crippen molar-refractivity contribution in [3.8, 4) is 11.1 Å². The smallest absolute Gasteiger partial charge is 0.130 e. The third-order valence-corrected chi connectivity index (χ3v) is 7.65. The van der Waals surface area contributed by atoms with Crippen molar-refractivity contribution < 1.29 is 0 Å². The molecule has 6 nitrogen and oxygen atoms in total.